The molecule has 140 valence electrons. The molecule has 1 aliphatic heterocycles. The van der Waals surface area contributed by atoms with Crippen molar-refractivity contribution in [2.75, 3.05) is 19.6 Å². The third-order valence-electron chi connectivity index (χ3n) is 4.62. The van der Waals surface area contributed by atoms with Crippen LogP contribution in [0.5, 0.6) is 0 Å². The van der Waals surface area contributed by atoms with Gasteiger partial charge < -0.3 is 10.6 Å². The fourth-order valence-corrected chi connectivity index (χ4v) is 3.86. The monoisotopic (exact) mass is 385 g/mol. The summed E-state index contributed by atoms with van der Waals surface area (Å²) in [5.41, 5.74) is 0.656. The number of thiophene rings is 1. The Morgan fingerprint density at radius 2 is 2.19 bits per heavy atom. The first-order valence-corrected chi connectivity index (χ1v) is 9.84. The summed E-state index contributed by atoms with van der Waals surface area (Å²) in [5, 5.41) is 12.6. The van der Waals surface area contributed by atoms with E-state index in [0.717, 1.165) is 30.8 Å². The van der Waals surface area contributed by atoms with Crippen LogP contribution in [0.2, 0.25) is 0 Å². The van der Waals surface area contributed by atoms with Gasteiger partial charge >= 0.3 is 0 Å². The molecule has 8 heteroatoms. The van der Waals surface area contributed by atoms with Crippen molar-refractivity contribution in [2.24, 2.45) is 5.92 Å². The zero-order chi connectivity index (χ0) is 18.6. The number of halogens is 1. The van der Waals surface area contributed by atoms with Crippen LogP contribution in [0.15, 0.2) is 41.8 Å². The van der Waals surface area contributed by atoms with Gasteiger partial charge in [-0.1, -0.05) is 6.07 Å². The molecule has 1 aliphatic rings. The van der Waals surface area contributed by atoms with Crippen molar-refractivity contribution >= 4 is 17.2 Å². The number of aromatic nitrogens is 3. The zero-order valence-electron chi connectivity index (χ0n) is 14.7. The minimum Gasteiger partial charge on any atom is -0.349 e. The van der Waals surface area contributed by atoms with Gasteiger partial charge in [0.1, 0.15) is 5.82 Å². The first-order valence-electron chi connectivity index (χ1n) is 8.96. The molecule has 0 aliphatic carbocycles. The smallest absolute Gasteiger partial charge is 0.290 e. The average molecular weight is 385 g/mol. The van der Waals surface area contributed by atoms with Crippen molar-refractivity contribution in [1.29, 1.82) is 0 Å². The zero-order valence-corrected chi connectivity index (χ0v) is 15.5. The summed E-state index contributed by atoms with van der Waals surface area (Å²) in [5.74, 6) is 0.682. The lowest BCUT2D eigenvalue weighted by molar-refractivity contribution is 0.0941. The maximum Gasteiger partial charge on any atom is 0.290 e. The standard InChI is InChI=1S/C19H20FN5OS/c20-14-3-5-15(6-4-14)25-18(16-2-1-11-27-16)23-17(24-25)19(26)22-10-8-13-7-9-21-12-13/h1-6,11,13,21H,7-10,12H2,(H,22,26). The van der Waals surface area contributed by atoms with Gasteiger partial charge in [0.2, 0.25) is 5.82 Å². The minimum atomic E-state index is -0.323. The van der Waals surface area contributed by atoms with Gasteiger partial charge in [0.05, 0.1) is 10.6 Å². The molecule has 4 rings (SSSR count). The second kappa shape index (κ2) is 7.98. The molecular formula is C19H20FN5OS. The van der Waals surface area contributed by atoms with Crippen molar-refractivity contribution in [3.63, 3.8) is 0 Å². The molecule has 0 bridgehead atoms. The van der Waals surface area contributed by atoms with E-state index in [1.807, 2.05) is 17.5 Å². The Kier molecular flexibility index (Phi) is 5.26. The Bertz CT molecular complexity index is 901. The van der Waals surface area contributed by atoms with Gasteiger partial charge in [-0.25, -0.2) is 14.1 Å². The van der Waals surface area contributed by atoms with Crippen LogP contribution in [-0.4, -0.2) is 40.3 Å². The Balaban J connectivity index is 1.55. The molecule has 3 aromatic rings. The number of carbonyl (C=O) groups is 1. The summed E-state index contributed by atoms with van der Waals surface area (Å²) in [7, 11) is 0. The van der Waals surface area contributed by atoms with E-state index >= 15 is 0 Å². The van der Waals surface area contributed by atoms with Gasteiger partial charge in [0, 0.05) is 6.54 Å². The van der Waals surface area contributed by atoms with E-state index in [1.165, 1.54) is 23.5 Å². The van der Waals surface area contributed by atoms with E-state index in [-0.39, 0.29) is 17.5 Å². The average Bonchev–Trinajstić information content (AvgIpc) is 3.43. The van der Waals surface area contributed by atoms with Gasteiger partial charge in [0.25, 0.3) is 5.91 Å². The summed E-state index contributed by atoms with van der Waals surface area (Å²) in [6.45, 7) is 2.66. The molecule has 27 heavy (non-hydrogen) atoms. The molecule has 1 amide bonds. The maximum atomic E-state index is 13.3. The van der Waals surface area contributed by atoms with E-state index in [9.17, 15) is 9.18 Å². The van der Waals surface area contributed by atoms with Crippen LogP contribution >= 0.6 is 11.3 Å². The lowest BCUT2D eigenvalue weighted by atomic mass is 10.1. The summed E-state index contributed by atoms with van der Waals surface area (Å²) < 4.78 is 14.8. The molecule has 3 heterocycles. The van der Waals surface area contributed by atoms with Crippen molar-refractivity contribution < 1.29 is 9.18 Å². The highest BCUT2D eigenvalue weighted by Gasteiger charge is 2.20. The van der Waals surface area contributed by atoms with E-state index < -0.39 is 0 Å². The van der Waals surface area contributed by atoms with Gasteiger partial charge in [-0.15, -0.1) is 16.4 Å². The van der Waals surface area contributed by atoms with Crippen LogP contribution < -0.4 is 10.6 Å². The number of hydrogen-bond donors (Lipinski definition) is 2. The Morgan fingerprint density at radius 1 is 1.33 bits per heavy atom. The predicted octanol–water partition coefficient (Wildman–Crippen LogP) is 2.86. The molecule has 1 saturated heterocycles. The molecule has 0 radical (unpaired) electrons. The van der Waals surface area contributed by atoms with Crippen LogP contribution in [0.25, 0.3) is 16.4 Å². The first kappa shape index (κ1) is 17.8. The molecule has 0 spiro atoms. The van der Waals surface area contributed by atoms with E-state index in [1.54, 1.807) is 16.8 Å². The number of nitrogens with zero attached hydrogens (tertiary/aromatic N) is 3. The topological polar surface area (TPSA) is 71.8 Å². The second-order valence-electron chi connectivity index (χ2n) is 6.53. The normalized spacial score (nSPS) is 16.6. The summed E-state index contributed by atoms with van der Waals surface area (Å²) in [4.78, 5) is 17.9. The number of carbonyl (C=O) groups excluding carboxylic acids is 1. The lowest BCUT2D eigenvalue weighted by Crippen LogP contribution is -2.27. The van der Waals surface area contributed by atoms with Crippen molar-refractivity contribution in [1.82, 2.24) is 25.4 Å². The summed E-state index contributed by atoms with van der Waals surface area (Å²) >= 11 is 1.51. The second-order valence-corrected chi connectivity index (χ2v) is 7.48. The van der Waals surface area contributed by atoms with E-state index in [2.05, 4.69) is 20.7 Å². The lowest BCUT2D eigenvalue weighted by Gasteiger charge is -2.07. The number of hydrogen-bond acceptors (Lipinski definition) is 5. The first-order chi connectivity index (χ1) is 13.2. The van der Waals surface area contributed by atoms with Crippen LogP contribution in [0.3, 0.4) is 0 Å². The fraction of sp³-hybridized carbons (Fsp3) is 0.316. The largest absolute Gasteiger partial charge is 0.349 e. The van der Waals surface area contributed by atoms with Gasteiger partial charge in [-0.05, 0) is 67.6 Å². The SMILES string of the molecule is O=C(NCCC1CCNC1)c1nc(-c2cccs2)n(-c2ccc(F)cc2)n1. The van der Waals surface area contributed by atoms with Crippen molar-refractivity contribution in [3.8, 4) is 16.4 Å². The minimum absolute atomic E-state index is 0.118. The van der Waals surface area contributed by atoms with Crippen molar-refractivity contribution in [2.45, 2.75) is 12.8 Å². The van der Waals surface area contributed by atoms with Gasteiger partial charge in [0.15, 0.2) is 5.82 Å². The Morgan fingerprint density at radius 3 is 2.89 bits per heavy atom. The summed E-state index contributed by atoms with van der Waals surface area (Å²) in [6, 6.07) is 9.81. The van der Waals surface area contributed by atoms with Crippen LogP contribution in [0, 0.1) is 11.7 Å². The van der Waals surface area contributed by atoms with Gasteiger partial charge in [-0.2, -0.15) is 0 Å². The molecule has 1 unspecified atom stereocenters. The highest BCUT2D eigenvalue weighted by atomic mass is 32.1. The quantitative estimate of drug-likeness (QED) is 0.684. The predicted molar refractivity (Wildman–Crippen MR) is 103 cm³/mol. The molecule has 1 fully saturated rings. The van der Waals surface area contributed by atoms with Crippen LogP contribution in [0.1, 0.15) is 23.5 Å². The Hall–Kier alpha value is -2.58. The molecule has 0 saturated carbocycles. The molecule has 6 nitrogen and oxygen atoms in total. The fourth-order valence-electron chi connectivity index (χ4n) is 3.17. The van der Waals surface area contributed by atoms with Crippen LogP contribution in [-0.2, 0) is 0 Å². The highest BCUT2D eigenvalue weighted by molar-refractivity contribution is 7.13. The molecule has 1 atom stereocenters. The maximum absolute atomic E-state index is 13.3. The van der Waals surface area contributed by atoms with E-state index in [4.69, 9.17) is 0 Å². The third-order valence-corrected chi connectivity index (χ3v) is 5.49. The Labute approximate surface area is 160 Å². The number of rotatable bonds is 6. The molecular weight excluding hydrogens is 365 g/mol. The van der Waals surface area contributed by atoms with Gasteiger partial charge in [-0.3, -0.25) is 4.79 Å². The van der Waals surface area contributed by atoms with Crippen LogP contribution in [0.4, 0.5) is 4.39 Å². The molecule has 2 N–H and O–H groups in total. The third kappa shape index (κ3) is 4.06. The number of nitrogens with one attached hydrogen (secondary N) is 2. The molecule has 1 aromatic carbocycles. The van der Waals surface area contributed by atoms with E-state index in [0.29, 0.717) is 24.0 Å². The van der Waals surface area contributed by atoms with Crippen molar-refractivity contribution in [3.05, 3.63) is 53.4 Å². The summed E-state index contributed by atoms with van der Waals surface area (Å²) in [6.07, 6.45) is 2.09. The highest BCUT2D eigenvalue weighted by Crippen LogP contribution is 2.25. The molecule has 2 aromatic heterocycles. The number of amides is 1. The number of benzene rings is 1.